The van der Waals surface area contributed by atoms with Crippen molar-refractivity contribution < 1.29 is 9.18 Å². The molecule has 1 aliphatic heterocycles. The molecule has 0 atom stereocenters. The summed E-state index contributed by atoms with van der Waals surface area (Å²) < 4.78 is 14.3. The maximum absolute atomic E-state index is 14.3. The molecule has 8 nitrogen and oxygen atoms in total. The van der Waals surface area contributed by atoms with E-state index in [1.807, 2.05) is 25.3 Å². The predicted octanol–water partition coefficient (Wildman–Crippen LogP) is -0.422. The smallest absolute Gasteiger partial charge is 0.272 e. The van der Waals surface area contributed by atoms with Gasteiger partial charge in [-0.25, -0.2) is 9.37 Å². The lowest BCUT2D eigenvalue weighted by molar-refractivity contribution is 0.0953. The summed E-state index contributed by atoms with van der Waals surface area (Å²) in [5, 5.41) is 2.09. The van der Waals surface area contributed by atoms with E-state index in [9.17, 15) is 14.0 Å². The SMILES string of the molecule is BC(B)(c1cnc2cc(CC)c(=O)[nH]c2c1)N1CCN(c2cnc(C(=O)NC)c(F)c2)CC1. The molecule has 1 aliphatic rings. The van der Waals surface area contributed by atoms with E-state index in [1.54, 1.807) is 6.20 Å². The lowest BCUT2D eigenvalue weighted by Crippen LogP contribution is -2.56. The summed E-state index contributed by atoms with van der Waals surface area (Å²) in [6.45, 7) is 4.86. The fourth-order valence-corrected chi connectivity index (χ4v) is 4.31. The van der Waals surface area contributed by atoms with Gasteiger partial charge in [0.25, 0.3) is 11.5 Å². The minimum absolute atomic E-state index is 0.0707. The normalized spacial score (nSPS) is 15.1. The van der Waals surface area contributed by atoms with Crippen LogP contribution in [-0.2, 0) is 11.8 Å². The Hall–Kier alpha value is -3.20. The van der Waals surface area contributed by atoms with Gasteiger partial charge in [-0.05, 0) is 29.5 Å². The van der Waals surface area contributed by atoms with Crippen LogP contribution < -0.4 is 15.8 Å². The van der Waals surface area contributed by atoms with Gasteiger partial charge in [-0.2, -0.15) is 0 Å². The Balaban J connectivity index is 1.50. The summed E-state index contributed by atoms with van der Waals surface area (Å²) in [6.07, 6.45) is 4.09. The van der Waals surface area contributed by atoms with Gasteiger partial charge in [-0.3, -0.25) is 14.6 Å². The number of H-pyrrole nitrogens is 1. The number of amides is 1. The number of hydrogen-bond donors (Lipinski definition) is 2. The molecule has 170 valence electrons. The topological polar surface area (TPSA) is 94.2 Å². The molecule has 1 saturated heterocycles. The van der Waals surface area contributed by atoms with E-state index in [-0.39, 0.29) is 16.6 Å². The van der Waals surface area contributed by atoms with Gasteiger partial charge >= 0.3 is 0 Å². The maximum Gasteiger partial charge on any atom is 0.272 e. The largest absolute Gasteiger partial charge is 0.368 e. The minimum Gasteiger partial charge on any atom is -0.368 e. The van der Waals surface area contributed by atoms with Crippen molar-refractivity contribution in [2.24, 2.45) is 0 Å². The van der Waals surface area contributed by atoms with Crippen LogP contribution in [0.15, 0.2) is 35.4 Å². The zero-order chi connectivity index (χ0) is 23.8. The van der Waals surface area contributed by atoms with E-state index in [4.69, 9.17) is 0 Å². The van der Waals surface area contributed by atoms with Gasteiger partial charge in [0.1, 0.15) is 15.7 Å². The molecule has 1 fully saturated rings. The quantitative estimate of drug-likeness (QED) is 0.516. The molecule has 0 radical (unpaired) electrons. The van der Waals surface area contributed by atoms with Gasteiger partial charge in [0.05, 0.1) is 22.9 Å². The summed E-state index contributed by atoms with van der Waals surface area (Å²) in [7, 11) is 5.73. The molecule has 3 aromatic heterocycles. The Labute approximate surface area is 193 Å². The summed E-state index contributed by atoms with van der Waals surface area (Å²) in [6, 6.07) is 5.23. The first kappa shape index (κ1) is 23.0. The number of carbonyl (C=O) groups excluding carboxylic acids is 1. The van der Waals surface area contributed by atoms with E-state index in [0.717, 1.165) is 35.2 Å². The van der Waals surface area contributed by atoms with E-state index in [1.165, 1.54) is 13.1 Å². The van der Waals surface area contributed by atoms with Crippen LogP contribution in [0.25, 0.3) is 11.0 Å². The summed E-state index contributed by atoms with van der Waals surface area (Å²) >= 11 is 0. The highest BCUT2D eigenvalue weighted by atomic mass is 19.1. The van der Waals surface area contributed by atoms with Gasteiger partial charge in [-0.15, -0.1) is 0 Å². The van der Waals surface area contributed by atoms with E-state index in [0.29, 0.717) is 25.2 Å². The Morgan fingerprint density at radius 3 is 2.55 bits per heavy atom. The summed E-state index contributed by atoms with van der Waals surface area (Å²) in [4.78, 5) is 39.9. The molecule has 0 spiro atoms. The molecule has 0 bridgehead atoms. The number of halogens is 1. The van der Waals surface area contributed by atoms with Crippen LogP contribution in [0.1, 0.15) is 28.5 Å². The number of anilines is 1. The van der Waals surface area contributed by atoms with Gasteiger partial charge in [0.15, 0.2) is 11.5 Å². The molecule has 3 aromatic rings. The third-order valence-electron chi connectivity index (χ3n) is 6.56. The van der Waals surface area contributed by atoms with Crippen molar-refractivity contribution in [2.75, 3.05) is 38.1 Å². The van der Waals surface area contributed by atoms with Crippen molar-refractivity contribution in [3.05, 3.63) is 63.6 Å². The highest BCUT2D eigenvalue weighted by molar-refractivity contribution is 6.39. The Morgan fingerprint density at radius 2 is 1.91 bits per heavy atom. The van der Waals surface area contributed by atoms with E-state index >= 15 is 0 Å². The highest BCUT2D eigenvalue weighted by Crippen LogP contribution is 2.26. The van der Waals surface area contributed by atoms with Crippen molar-refractivity contribution in [1.82, 2.24) is 25.2 Å². The first-order valence-electron chi connectivity index (χ1n) is 11.1. The van der Waals surface area contributed by atoms with Crippen molar-refractivity contribution >= 4 is 38.3 Å². The molecule has 0 saturated carbocycles. The second kappa shape index (κ2) is 8.97. The molecule has 11 heteroatoms. The van der Waals surface area contributed by atoms with Crippen LogP contribution in [0.2, 0.25) is 0 Å². The Kier molecular flexibility index (Phi) is 6.25. The van der Waals surface area contributed by atoms with Gasteiger partial charge in [-0.1, -0.05) is 6.92 Å². The summed E-state index contributed by atoms with van der Waals surface area (Å²) in [5.41, 5.74) is 3.66. The fourth-order valence-electron chi connectivity index (χ4n) is 4.31. The number of rotatable bonds is 5. The van der Waals surface area contributed by atoms with Crippen LogP contribution in [0.4, 0.5) is 10.1 Å². The molecular formula is C22H27B2FN6O2. The van der Waals surface area contributed by atoms with Crippen LogP contribution in [0.3, 0.4) is 0 Å². The lowest BCUT2D eigenvalue weighted by Gasteiger charge is -2.45. The number of aryl methyl sites for hydroxylation is 1. The maximum atomic E-state index is 14.3. The molecule has 0 unspecified atom stereocenters. The monoisotopic (exact) mass is 448 g/mol. The third-order valence-corrected chi connectivity index (χ3v) is 6.56. The second-order valence-electron chi connectivity index (χ2n) is 8.77. The van der Waals surface area contributed by atoms with Crippen molar-refractivity contribution in [3.63, 3.8) is 0 Å². The third kappa shape index (κ3) is 4.37. The molecule has 33 heavy (non-hydrogen) atoms. The van der Waals surface area contributed by atoms with Gasteiger partial charge < -0.3 is 20.1 Å². The second-order valence-corrected chi connectivity index (χ2v) is 8.77. The van der Waals surface area contributed by atoms with E-state index < -0.39 is 11.7 Å². The van der Waals surface area contributed by atoms with Crippen molar-refractivity contribution in [1.29, 1.82) is 0 Å². The molecule has 4 heterocycles. The van der Waals surface area contributed by atoms with Crippen LogP contribution in [0, 0.1) is 5.82 Å². The molecular weight excluding hydrogens is 421 g/mol. The van der Waals surface area contributed by atoms with Crippen LogP contribution >= 0.6 is 0 Å². The van der Waals surface area contributed by atoms with Crippen LogP contribution in [-0.4, -0.2) is 74.7 Å². The minimum atomic E-state index is -0.628. The van der Waals surface area contributed by atoms with E-state index in [2.05, 4.69) is 45.8 Å². The zero-order valence-corrected chi connectivity index (χ0v) is 19.4. The number of piperazine rings is 1. The fraction of sp³-hybridized carbons (Fsp3) is 0.364. The van der Waals surface area contributed by atoms with Crippen molar-refractivity contribution in [2.45, 2.75) is 18.7 Å². The molecule has 0 aliphatic carbocycles. The highest BCUT2D eigenvalue weighted by Gasteiger charge is 2.32. The van der Waals surface area contributed by atoms with Crippen molar-refractivity contribution in [3.8, 4) is 0 Å². The molecule has 2 N–H and O–H groups in total. The number of nitrogens with zero attached hydrogens (tertiary/aromatic N) is 4. The lowest BCUT2D eigenvalue weighted by atomic mass is 9.57. The number of carbonyl (C=O) groups is 1. The zero-order valence-electron chi connectivity index (χ0n) is 19.4. The number of aromatic nitrogens is 3. The number of hydrogen-bond acceptors (Lipinski definition) is 6. The Morgan fingerprint density at radius 1 is 1.18 bits per heavy atom. The van der Waals surface area contributed by atoms with Crippen LogP contribution in [0.5, 0.6) is 0 Å². The number of nitrogens with one attached hydrogen (secondary N) is 2. The first-order chi connectivity index (χ1) is 15.7. The number of pyridine rings is 3. The van der Waals surface area contributed by atoms with Gasteiger partial charge in [0.2, 0.25) is 0 Å². The molecule has 4 rings (SSSR count). The average Bonchev–Trinajstić information content (AvgIpc) is 2.82. The predicted molar refractivity (Wildman–Crippen MR) is 132 cm³/mol. The standard InChI is InChI=1S/C22H27B2FN6O2/c1-3-13-8-17-18(29-20(13)32)9-14(11-27-17)22(23,24)31-6-4-30(5-7-31)15-10-16(25)19(28-12-15)21(33)26-2/h8-12H,3-7,23-24H2,1-2H3,(H,26,33)(H,29,32). The number of aromatic amines is 1. The first-order valence-corrected chi connectivity index (χ1v) is 11.1. The molecule has 1 amide bonds. The average molecular weight is 448 g/mol. The molecule has 0 aromatic carbocycles. The number of fused-ring (bicyclic) bond motifs is 1. The van der Waals surface area contributed by atoms with Gasteiger partial charge in [0, 0.05) is 51.1 Å². The Bertz CT molecular complexity index is 1260. The summed E-state index contributed by atoms with van der Waals surface area (Å²) in [5.74, 6) is -1.17.